The van der Waals surface area contributed by atoms with Crippen molar-refractivity contribution >= 4 is 17.3 Å². The largest absolute Gasteiger partial charge is 0.391 e. The lowest BCUT2D eigenvalue weighted by atomic mass is 9.92. The third-order valence-electron chi connectivity index (χ3n) is 3.19. The van der Waals surface area contributed by atoms with Gasteiger partial charge < -0.3 is 10.4 Å². The number of aryl methyl sites for hydroxylation is 1. The van der Waals surface area contributed by atoms with Crippen LogP contribution in [-0.2, 0) is 0 Å². The summed E-state index contributed by atoms with van der Waals surface area (Å²) < 4.78 is 0. The standard InChI is InChI=1S/C13H18ClNO/c1-9-6-7-10(14)12(8-9)15-11-4-2-3-5-13(11)16/h6-8,11,13,15-16H,2-5H2,1H3/t11-,13-/m1/s1. The molecule has 3 heteroatoms. The molecule has 2 N–H and O–H groups in total. The van der Waals surface area contributed by atoms with Crippen molar-refractivity contribution in [2.45, 2.75) is 44.8 Å². The molecule has 2 rings (SSSR count). The maximum atomic E-state index is 9.88. The summed E-state index contributed by atoms with van der Waals surface area (Å²) in [6.45, 7) is 2.04. The molecule has 0 spiro atoms. The van der Waals surface area contributed by atoms with Crippen molar-refractivity contribution < 1.29 is 5.11 Å². The average molecular weight is 240 g/mol. The van der Waals surface area contributed by atoms with Crippen molar-refractivity contribution in [3.8, 4) is 0 Å². The number of hydrogen-bond acceptors (Lipinski definition) is 2. The highest BCUT2D eigenvalue weighted by atomic mass is 35.5. The zero-order valence-electron chi connectivity index (χ0n) is 9.54. The maximum Gasteiger partial charge on any atom is 0.0741 e. The third-order valence-corrected chi connectivity index (χ3v) is 3.52. The number of halogens is 1. The SMILES string of the molecule is Cc1ccc(Cl)c(N[C@@H]2CCCC[C@H]2O)c1. The number of nitrogens with one attached hydrogen (secondary N) is 1. The Labute approximate surface area is 102 Å². The molecule has 0 aliphatic heterocycles. The van der Waals surface area contributed by atoms with Gasteiger partial charge >= 0.3 is 0 Å². The Morgan fingerprint density at radius 1 is 1.31 bits per heavy atom. The number of aliphatic hydroxyl groups is 1. The fourth-order valence-corrected chi connectivity index (χ4v) is 2.40. The lowest BCUT2D eigenvalue weighted by molar-refractivity contribution is 0.116. The molecule has 1 aromatic rings. The third kappa shape index (κ3) is 2.69. The van der Waals surface area contributed by atoms with Gasteiger partial charge in [0.1, 0.15) is 0 Å². The second kappa shape index (κ2) is 5.07. The van der Waals surface area contributed by atoms with Crippen LogP contribution in [-0.4, -0.2) is 17.3 Å². The van der Waals surface area contributed by atoms with Crippen LogP contribution >= 0.6 is 11.6 Å². The maximum absolute atomic E-state index is 9.88. The molecule has 2 nitrogen and oxygen atoms in total. The van der Waals surface area contributed by atoms with Gasteiger partial charge in [0, 0.05) is 0 Å². The lowest BCUT2D eigenvalue weighted by Crippen LogP contribution is -2.36. The molecule has 0 radical (unpaired) electrons. The Kier molecular flexibility index (Phi) is 3.72. The van der Waals surface area contributed by atoms with E-state index in [9.17, 15) is 5.11 Å². The first-order valence-electron chi connectivity index (χ1n) is 5.87. The predicted octanol–water partition coefficient (Wildman–Crippen LogP) is 3.36. The number of aliphatic hydroxyl groups excluding tert-OH is 1. The van der Waals surface area contributed by atoms with Gasteiger partial charge in [-0.05, 0) is 37.5 Å². The van der Waals surface area contributed by atoms with E-state index >= 15 is 0 Å². The quantitative estimate of drug-likeness (QED) is 0.830. The van der Waals surface area contributed by atoms with Crippen LogP contribution in [0.5, 0.6) is 0 Å². The lowest BCUT2D eigenvalue weighted by Gasteiger charge is -2.29. The molecule has 0 saturated heterocycles. The van der Waals surface area contributed by atoms with Gasteiger partial charge in [0.05, 0.1) is 22.9 Å². The van der Waals surface area contributed by atoms with Crippen LogP contribution in [0.1, 0.15) is 31.2 Å². The average Bonchev–Trinajstić information content (AvgIpc) is 2.27. The van der Waals surface area contributed by atoms with Gasteiger partial charge in [-0.15, -0.1) is 0 Å². The van der Waals surface area contributed by atoms with Crippen molar-refractivity contribution in [2.24, 2.45) is 0 Å². The molecule has 2 atom stereocenters. The number of rotatable bonds is 2. The minimum Gasteiger partial charge on any atom is -0.391 e. The predicted molar refractivity (Wildman–Crippen MR) is 68.1 cm³/mol. The number of hydrogen-bond donors (Lipinski definition) is 2. The van der Waals surface area contributed by atoms with E-state index in [1.807, 2.05) is 25.1 Å². The van der Waals surface area contributed by atoms with Gasteiger partial charge in [0.2, 0.25) is 0 Å². The van der Waals surface area contributed by atoms with Crippen LogP contribution in [0, 0.1) is 6.92 Å². The van der Waals surface area contributed by atoms with Gasteiger partial charge in [-0.3, -0.25) is 0 Å². The summed E-state index contributed by atoms with van der Waals surface area (Å²) >= 11 is 6.12. The Morgan fingerprint density at radius 2 is 2.06 bits per heavy atom. The van der Waals surface area contributed by atoms with Crippen molar-refractivity contribution in [3.05, 3.63) is 28.8 Å². The summed E-state index contributed by atoms with van der Waals surface area (Å²) in [4.78, 5) is 0. The highest BCUT2D eigenvalue weighted by Crippen LogP contribution is 2.27. The fourth-order valence-electron chi connectivity index (χ4n) is 2.23. The molecule has 88 valence electrons. The van der Waals surface area contributed by atoms with E-state index in [0.29, 0.717) is 0 Å². The monoisotopic (exact) mass is 239 g/mol. The van der Waals surface area contributed by atoms with E-state index in [2.05, 4.69) is 5.32 Å². The van der Waals surface area contributed by atoms with Crippen LogP contribution in [0.25, 0.3) is 0 Å². The molecule has 1 saturated carbocycles. The first kappa shape index (κ1) is 11.7. The minimum absolute atomic E-state index is 0.146. The van der Waals surface area contributed by atoms with Crippen molar-refractivity contribution in [2.75, 3.05) is 5.32 Å². The zero-order chi connectivity index (χ0) is 11.5. The second-order valence-electron chi connectivity index (χ2n) is 4.59. The highest BCUT2D eigenvalue weighted by Gasteiger charge is 2.23. The molecule has 0 heterocycles. The van der Waals surface area contributed by atoms with E-state index in [1.54, 1.807) is 0 Å². The van der Waals surface area contributed by atoms with Crippen LogP contribution in [0.4, 0.5) is 5.69 Å². The summed E-state index contributed by atoms with van der Waals surface area (Å²) in [5.41, 5.74) is 2.12. The molecule has 0 unspecified atom stereocenters. The van der Waals surface area contributed by atoms with Gasteiger partial charge in [0.25, 0.3) is 0 Å². The van der Waals surface area contributed by atoms with E-state index in [1.165, 1.54) is 12.0 Å². The normalized spacial score (nSPS) is 25.4. The molecule has 1 fully saturated rings. The fraction of sp³-hybridized carbons (Fsp3) is 0.538. The van der Waals surface area contributed by atoms with E-state index in [4.69, 9.17) is 11.6 Å². The zero-order valence-corrected chi connectivity index (χ0v) is 10.3. The summed E-state index contributed by atoms with van der Waals surface area (Å²) in [5.74, 6) is 0. The molecule has 1 aromatic carbocycles. The molecule has 0 bridgehead atoms. The van der Waals surface area contributed by atoms with Crippen LogP contribution < -0.4 is 5.32 Å². The molecule has 1 aliphatic carbocycles. The topological polar surface area (TPSA) is 32.3 Å². The summed E-state index contributed by atoms with van der Waals surface area (Å²) in [7, 11) is 0. The second-order valence-corrected chi connectivity index (χ2v) is 4.99. The van der Waals surface area contributed by atoms with Crippen LogP contribution in [0.3, 0.4) is 0 Å². The summed E-state index contributed by atoms with van der Waals surface area (Å²) in [5, 5.41) is 14.0. The Morgan fingerprint density at radius 3 is 2.81 bits per heavy atom. The smallest absolute Gasteiger partial charge is 0.0741 e. The Hall–Kier alpha value is -0.730. The summed E-state index contributed by atoms with van der Waals surface area (Å²) in [6.07, 6.45) is 3.97. The Balaban J connectivity index is 2.10. The number of anilines is 1. The first-order chi connectivity index (χ1) is 7.66. The molecule has 0 amide bonds. The molecule has 16 heavy (non-hydrogen) atoms. The highest BCUT2D eigenvalue weighted by molar-refractivity contribution is 6.33. The van der Waals surface area contributed by atoms with Crippen molar-refractivity contribution in [1.82, 2.24) is 0 Å². The van der Waals surface area contributed by atoms with E-state index < -0.39 is 0 Å². The molecule has 1 aliphatic rings. The Bertz CT molecular complexity index is 367. The van der Waals surface area contributed by atoms with Gasteiger partial charge in [0.15, 0.2) is 0 Å². The van der Waals surface area contributed by atoms with Crippen molar-refractivity contribution in [1.29, 1.82) is 0 Å². The minimum atomic E-state index is -0.245. The molecular formula is C13H18ClNO. The number of benzene rings is 1. The molecular weight excluding hydrogens is 222 g/mol. The first-order valence-corrected chi connectivity index (χ1v) is 6.25. The van der Waals surface area contributed by atoms with Crippen LogP contribution in [0.15, 0.2) is 18.2 Å². The molecule has 0 aromatic heterocycles. The van der Waals surface area contributed by atoms with Gasteiger partial charge in [-0.1, -0.05) is 30.5 Å². The van der Waals surface area contributed by atoms with E-state index in [-0.39, 0.29) is 12.1 Å². The van der Waals surface area contributed by atoms with E-state index in [0.717, 1.165) is 30.0 Å². The summed E-state index contributed by atoms with van der Waals surface area (Å²) in [6, 6.07) is 6.07. The van der Waals surface area contributed by atoms with Crippen LogP contribution in [0.2, 0.25) is 5.02 Å². The van der Waals surface area contributed by atoms with Gasteiger partial charge in [-0.25, -0.2) is 0 Å². The van der Waals surface area contributed by atoms with Crippen molar-refractivity contribution in [3.63, 3.8) is 0 Å². The van der Waals surface area contributed by atoms with Gasteiger partial charge in [-0.2, -0.15) is 0 Å².